The minimum Gasteiger partial charge on any atom is -0.355 e. The van der Waals surface area contributed by atoms with E-state index in [0.29, 0.717) is 0 Å². The molecule has 0 saturated heterocycles. The predicted molar refractivity (Wildman–Crippen MR) is 63.4 cm³/mol. The van der Waals surface area contributed by atoms with E-state index in [4.69, 9.17) is 0 Å². The lowest BCUT2D eigenvalue weighted by atomic mass is 10.0. The molecule has 0 spiro atoms. The zero-order chi connectivity index (χ0) is 9.54. The van der Waals surface area contributed by atoms with Gasteiger partial charge in [0.2, 0.25) is 0 Å². The smallest absolute Gasteiger partial charge is 0.0462 e. The average molecular weight is 248 g/mol. The van der Waals surface area contributed by atoms with Gasteiger partial charge >= 0.3 is 0 Å². The predicted octanol–water partition coefficient (Wildman–Crippen LogP) is 3.89. The second-order valence-electron chi connectivity index (χ2n) is 3.65. The number of fused-ring (bicyclic) bond motifs is 3. The Kier molecular flexibility index (Phi) is 1.77. The maximum atomic E-state index is 3.51. The van der Waals surface area contributed by atoms with E-state index in [2.05, 4.69) is 51.3 Å². The van der Waals surface area contributed by atoms with Crippen LogP contribution in [0, 0.1) is 0 Å². The van der Waals surface area contributed by atoms with Gasteiger partial charge in [-0.1, -0.05) is 22.0 Å². The van der Waals surface area contributed by atoms with Crippen molar-refractivity contribution < 1.29 is 0 Å². The highest BCUT2D eigenvalue weighted by Gasteiger charge is 2.11. The number of aryl methyl sites for hydroxylation is 1. The minimum absolute atomic E-state index is 1.15. The van der Waals surface area contributed by atoms with E-state index in [9.17, 15) is 0 Å². The number of aromatic nitrogens is 1. The third kappa shape index (κ3) is 1.14. The fourth-order valence-corrected chi connectivity index (χ4v) is 2.44. The molecule has 1 aliphatic carbocycles. The Morgan fingerprint density at radius 2 is 2.21 bits per heavy atom. The van der Waals surface area contributed by atoms with Crippen molar-refractivity contribution in [1.29, 1.82) is 0 Å². The van der Waals surface area contributed by atoms with Crippen LogP contribution in [0.25, 0.3) is 17.0 Å². The zero-order valence-electron chi connectivity index (χ0n) is 7.68. The van der Waals surface area contributed by atoms with Gasteiger partial charge < -0.3 is 4.98 Å². The molecule has 0 unspecified atom stereocenters. The number of benzene rings is 1. The molecule has 0 aliphatic heterocycles. The summed E-state index contributed by atoms with van der Waals surface area (Å²) in [7, 11) is 0. The maximum Gasteiger partial charge on any atom is 0.0462 e. The lowest BCUT2D eigenvalue weighted by Crippen LogP contribution is -1.90. The van der Waals surface area contributed by atoms with E-state index in [1.54, 1.807) is 0 Å². The number of halogens is 1. The van der Waals surface area contributed by atoms with Crippen molar-refractivity contribution in [1.82, 2.24) is 4.98 Å². The first-order valence-corrected chi connectivity index (χ1v) is 5.60. The number of nitrogens with one attached hydrogen (secondary N) is 1. The lowest BCUT2D eigenvalue weighted by Gasteiger charge is -2.04. The molecular weight excluding hydrogens is 238 g/mol. The molecule has 0 amide bonds. The molecule has 1 heterocycles. The van der Waals surface area contributed by atoms with Crippen molar-refractivity contribution >= 4 is 32.9 Å². The van der Waals surface area contributed by atoms with Crippen molar-refractivity contribution in [2.24, 2.45) is 0 Å². The standard InChI is InChI=1S/C12H10BrN/c13-8-5-6-12-10(7-8)9-3-1-2-4-11(9)14-12/h2,4-7,14H,1,3H2. The first-order chi connectivity index (χ1) is 6.84. The Balaban J connectivity index is 2.39. The SMILES string of the molecule is Brc1ccc2[nH]c3c(c2c1)CCC=C3. The number of rotatable bonds is 0. The first-order valence-electron chi connectivity index (χ1n) is 4.81. The first kappa shape index (κ1) is 8.30. The Morgan fingerprint density at radius 1 is 1.29 bits per heavy atom. The molecule has 1 nitrogen and oxygen atoms in total. The third-order valence-corrected chi connectivity index (χ3v) is 3.24. The number of allylic oxidation sites excluding steroid dienone is 1. The van der Waals surface area contributed by atoms with Crippen LogP contribution in [0.1, 0.15) is 17.7 Å². The Bertz CT molecular complexity index is 522. The summed E-state index contributed by atoms with van der Waals surface area (Å²) in [5.41, 5.74) is 3.98. The average Bonchev–Trinajstić information content (AvgIpc) is 2.56. The van der Waals surface area contributed by atoms with Crippen LogP contribution in [0.5, 0.6) is 0 Å². The highest BCUT2D eigenvalue weighted by molar-refractivity contribution is 9.10. The van der Waals surface area contributed by atoms with Gasteiger partial charge in [0.25, 0.3) is 0 Å². The van der Waals surface area contributed by atoms with E-state index in [0.717, 1.165) is 17.3 Å². The van der Waals surface area contributed by atoms with Crippen LogP contribution in [-0.4, -0.2) is 4.98 Å². The fourth-order valence-electron chi connectivity index (χ4n) is 2.08. The van der Waals surface area contributed by atoms with E-state index in [-0.39, 0.29) is 0 Å². The van der Waals surface area contributed by atoms with Crippen LogP contribution in [-0.2, 0) is 6.42 Å². The van der Waals surface area contributed by atoms with Crippen LogP contribution in [0.4, 0.5) is 0 Å². The van der Waals surface area contributed by atoms with Crippen LogP contribution in [0.3, 0.4) is 0 Å². The molecule has 0 fully saturated rings. The molecule has 1 N–H and O–H groups in total. The molecule has 70 valence electrons. The molecule has 0 atom stereocenters. The minimum atomic E-state index is 1.15. The maximum absolute atomic E-state index is 3.51. The van der Waals surface area contributed by atoms with Gasteiger partial charge in [-0.2, -0.15) is 0 Å². The number of H-pyrrole nitrogens is 1. The summed E-state index contributed by atoms with van der Waals surface area (Å²) in [6, 6.07) is 6.41. The molecule has 2 aromatic rings. The second kappa shape index (κ2) is 2.99. The van der Waals surface area contributed by atoms with Crippen LogP contribution in [0.15, 0.2) is 28.7 Å². The Labute approximate surface area is 91.0 Å². The largest absolute Gasteiger partial charge is 0.355 e. The van der Waals surface area contributed by atoms with Crippen molar-refractivity contribution in [3.8, 4) is 0 Å². The van der Waals surface area contributed by atoms with Crippen molar-refractivity contribution in [2.75, 3.05) is 0 Å². The lowest BCUT2D eigenvalue weighted by molar-refractivity contribution is 0.992. The molecule has 0 bridgehead atoms. The molecule has 1 aliphatic rings. The molecule has 2 heteroatoms. The van der Waals surface area contributed by atoms with Crippen molar-refractivity contribution in [2.45, 2.75) is 12.8 Å². The summed E-state index contributed by atoms with van der Waals surface area (Å²) in [6.07, 6.45) is 6.73. The number of hydrogen-bond donors (Lipinski definition) is 1. The summed E-state index contributed by atoms with van der Waals surface area (Å²) in [6.45, 7) is 0. The zero-order valence-corrected chi connectivity index (χ0v) is 9.26. The van der Waals surface area contributed by atoms with Crippen molar-refractivity contribution in [3.05, 3.63) is 40.0 Å². The molecular formula is C12H10BrN. The van der Waals surface area contributed by atoms with E-state index in [1.807, 2.05) is 0 Å². The van der Waals surface area contributed by atoms with Crippen LogP contribution in [0.2, 0.25) is 0 Å². The summed E-state index contributed by atoms with van der Waals surface area (Å²) < 4.78 is 1.15. The summed E-state index contributed by atoms with van der Waals surface area (Å²) in [5, 5.41) is 1.36. The van der Waals surface area contributed by atoms with Gasteiger partial charge in [-0.25, -0.2) is 0 Å². The van der Waals surface area contributed by atoms with Crippen molar-refractivity contribution in [3.63, 3.8) is 0 Å². The number of hydrogen-bond acceptors (Lipinski definition) is 0. The van der Waals surface area contributed by atoms with Crippen LogP contribution < -0.4 is 0 Å². The topological polar surface area (TPSA) is 15.8 Å². The molecule has 14 heavy (non-hydrogen) atoms. The summed E-state index contributed by atoms with van der Waals surface area (Å²) in [5.74, 6) is 0. The molecule has 1 aromatic carbocycles. The summed E-state index contributed by atoms with van der Waals surface area (Å²) in [4.78, 5) is 3.44. The van der Waals surface area contributed by atoms with Crippen LogP contribution >= 0.6 is 15.9 Å². The normalized spacial score (nSPS) is 14.6. The monoisotopic (exact) mass is 247 g/mol. The molecule has 0 radical (unpaired) electrons. The van der Waals surface area contributed by atoms with Gasteiger partial charge in [0.15, 0.2) is 0 Å². The highest BCUT2D eigenvalue weighted by atomic mass is 79.9. The fraction of sp³-hybridized carbons (Fsp3) is 0.167. The van der Waals surface area contributed by atoms with Gasteiger partial charge in [-0.05, 0) is 42.7 Å². The van der Waals surface area contributed by atoms with Gasteiger partial charge in [0.05, 0.1) is 0 Å². The quantitative estimate of drug-likeness (QED) is 0.727. The summed E-state index contributed by atoms with van der Waals surface area (Å²) >= 11 is 3.51. The highest BCUT2D eigenvalue weighted by Crippen LogP contribution is 2.29. The Morgan fingerprint density at radius 3 is 3.14 bits per heavy atom. The molecule has 3 rings (SSSR count). The van der Waals surface area contributed by atoms with Gasteiger partial charge in [0, 0.05) is 21.1 Å². The van der Waals surface area contributed by atoms with Gasteiger partial charge in [-0.3, -0.25) is 0 Å². The molecule has 0 saturated carbocycles. The van der Waals surface area contributed by atoms with E-state index < -0.39 is 0 Å². The second-order valence-corrected chi connectivity index (χ2v) is 4.56. The Hall–Kier alpha value is -1.02. The van der Waals surface area contributed by atoms with Gasteiger partial charge in [0.1, 0.15) is 0 Å². The van der Waals surface area contributed by atoms with E-state index >= 15 is 0 Å². The third-order valence-electron chi connectivity index (χ3n) is 2.75. The number of aromatic amines is 1. The van der Waals surface area contributed by atoms with E-state index in [1.165, 1.54) is 22.2 Å². The molecule has 1 aromatic heterocycles. The van der Waals surface area contributed by atoms with Gasteiger partial charge in [-0.15, -0.1) is 0 Å².